The van der Waals surface area contributed by atoms with Gasteiger partial charge in [-0.25, -0.2) is 0 Å². The molecular weight excluding hydrogens is 172 g/mol. The van der Waals surface area contributed by atoms with E-state index >= 15 is 0 Å². The molecule has 0 saturated heterocycles. The minimum atomic E-state index is 0.149. The van der Waals surface area contributed by atoms with E-state index in [1.54, 1.807) is 0 Å². The SMILES string of the molecule is Cc1oc2ccccc2c1C(C)(C)C. The fourth-order valence-corrected chi connectivity index (χ4v) is 2.10. The van der Waals surface area contributed by atoms with E-state index in [0.29, 0.717) is 0 Å². The molecule has 0 radical (unpaired) electrons. The van der Waals surface area contributed by atoms with Gasteiger partial charge in [0, 0.05) is 10.9 Å². The third-order valence-corrected chi connectivity index (χ3v) is 2.52. The summed E-state index contributed by atoms with van der Waals surface area (Å²) in [6.07, 6.45) is 0. The molecule has 2 aromatic rings. The quantitative estimate of drug-likeness (QED) is 0.608. The van der Waals surface area contributed by atoms with Gasteiger partial charge in [0.1, 0.15) is 11.3 Å². The van der Waals surface area contributed by atoms with Gasteiger partial charge in [-0.15, -0.1) is 0 Å². The molecule has 1 aromatic heterocycles. The summed E-state index contributed by atoms with van der Waals surface area (Å²) < 4.78 is 5.73. The Morgan fingerprint density at radius 1 is 1.07 bits per heavy atom. The molecule has 1 heterocycles. The Bertz CT molecular complexity index is 458. The van der Waals surface area contributed by atoms with Crippen molar-refractivity contribution < 1.29 is 4.42 Å². The zero-order chi connectivity index (χ0) is 10.3. The molecule has 74 valence electrons. The topological polar surface area (TPSA) is 13.1 Å². The molecule has 0 amide bonds. The Labute approximate surface area is 84.7 Å². The van der Waals surface area contributed by atoms with Crippen molar-refractivity contribution in [2.24, 2.45) is 0 Å². The predicted molar refractivity (Wildman–Crippen MR) is 59.7 cm³/mol. The lowest BCUT2D eigenvalue weighted by Crippen LogP contribution is -2.11. The van der Waals surface area contributed by atoms with Gasteiger partial charge >= 0.3 is 0 Å². The molecule has 0 bridgehead atoms. The number of para-hydroxylation sites is 1. The van der Waals surface area contributed by atoms with Gasteiger partial charge in [0.25, 0.3) is 0 Å². The van der Waals surface area contributed by atoms with Crippen LogP contribution in [0.3, 0.4) is 0 Å². The number of benzene rings is 1. The van der Waals surface area contributed by atoms with Crippen LogP contribution in [0, 0.1) is 6.92 Å². The van der Waals surface area contributed by atoms with Crippen LogP contribution in [-0.2, 0) is 5.41 Å². The summed E-state index contributed by atoms with van der Waals surface area (Å²) in [5, 5.41) is 1.25. The summed E-state index contributed by atoms with van der Waals surface area (Å²) in [6, 6.07) is 8.23. The lowest BCUT2D eigenvalue weighted by Gasteiger charge is -2.18. The summed E-state index contributed by atoms with van der Waals surface area (Å²) in [6.45, 7) is 8.70. The second-order valence-electron chi connectivity index (χ2n) is 4.78. The van der Waals surface area contributed by atoms with Crippen molar-refractivity contribution in [2.45, 2.75) is 33.1 Å². The number of fused-ring (bicyclic) bond motifs is 1. The highest BCUT2D eigenvalue weighted by Gasteiger charge is 2.22. The fourth-order valence-electron chi connectivity index (χ4n) is 2.10. The van der Waals surface area contributed by atoms with Crippen molar-refractivity contribution in [1.82, 2.24) is 0 Å². The van der Waals surface area contributed by atoms with Crippen LogP contribution in [0.1, 0.15) is 32.1 Å². The van der Waals surface area contributed by atoms with E-state index in [2.05, 4.69) is 32.9 Å². The molecule has 0 saturated carbocycles. The largest absolute Gasteiger partial charge is 0.461 e. The zero-order valence-corrected chi connectivity index (χ0v) is 9.22. The van der Waals surface area contributed by atoms with Gasteiger partial charge in [-0.2, -0.15) is 0 Å². The summed E-state index contributed by atoms with van der Waals surface area (Å²) >= 11 is 0. The Morgan fingerprint density at radius 3 is 2.36 bits per heavy atom. The van der Waals surface area contributed by atoms with Crippen molar-refractivity contribution in [3.05, 3.63) is 35.6 Å². The van der Waals surface area contributed by atoms with Gasteiger partial charge in [0.15, 0.2) is 0 Å². The second-order valence-corrected chi connectivity index (χ2v) is 4.78. The van der Waals surface area contributed by atoms with E-state index in [1.807, 2.05) is 19.1 Å². The number of aryl methyl sites for hydroxylation is 1. The van der Waals surface area contributed by atoms with Gasteiger partial charge in [-0.3, -0.25) is 0 Å². The maximum Gasteiger partial charge on any atom is 0.134 e. The monoisotopic (exact) mass is 188 g/mol. The standard InChI is InChI=1S/C13H16O/c1-9-12(13(2,3)4)10-7-5-6-8-11(10)14-9/h5-8H,1-4H3. The molecule has 1 heteroatoms. The van der Waals surface area contributed by atoms with E-state index in [1.165, 1.54) is 10.9 Å². The molecule has 0 unspecified atom stereocenters. The Hall–Kier alpha value is -1.24. The van der Waals surface area contributed by atoms with Gasteiger partial charge in [-0.1, -0.05) is 39.0 Å². The number of hydrogen-bond donors (Lipinski definition) is 0. The maximum absolute atomic E-state index is 5.73. The minimum absolute atomic E-state index is 0.149. The van der Waals surface area contributed by atoms with Crippen LogP contribution in [0.4, 0.5) is 0 Å². The molecule has 0 spiro atoms. The molecule has 1 nitrogen and oxygen atoms in total. The van der Waals surface area contributed by atoms with Crippen LogP contribution in [0.25, 0.3) is 11.0 Å². The first-order valence-electron chi connectivity index (χ1n) is 4.99. The van der Waals surface area contributed by atoms with E-state index in [9.17, 15) is 0 Å². The normalized spacial score (nSPS) is 12.3. The molecule has 0 fully saturated rings. The summed E-state index contributed by atoms with van der Waals surface area (Å²) in [4.78, 5) is 0. The van der Waals surface area contributed by atoms with Crippen molar-refractivity contribution in [3.8, 4) is 0 Å². The van der Waals surface area contributed by atoms with E-state index < -0.39 is 0 Å². The van der Waals surface area contributed by atoms with E-state index in [-0.39, 0.29) is 5.41 Å². The Balaban J connectivity index is 2.81. The first-order chi connectivity index (χ1) is 6.50. The average Bonchev–Trinajstić information content (AvgIpc) is 2.38. The van der Waals surface area contributed by atoms with Crippen LogP contribution < -0.4 is 0 Å². The van der Waals surface area contributed by atoms with Crippen LogP contribution >= 0.6 is 0 Å². The van der Waals surface area contributed by atoms with Gasteiger partial charge < -0.3 is 4.42 Å². The Kier molecular flexibility index (Phi) is 1.91. The lowest BCUT2D eigenvalue weighted by atomic mass is 9.85. The molecule has 0 aliphatic rings. The predicted octanol–water partition coefficient (Wildman–Crippen LogP) is 4.04. The average molecular weight is 188 g/mol. The summed E-state index contributed by atoms with van der Waals surface area (Å²) in [7, 11) is 0. The number of rotatable bonds is 0. The van der Waals surface area contributed by atoms with Gasteiger partial charge in [0.2, 0.25) is 0 Å². The van der Waals surface area contributed by atoms with Crippen LogP contribution in [0.15, 0.2) is 28.7 Å². The first-order valence-corrected chi connectivity index (χ1v) is 4.99. The molecule has 0 aliphatic heterocycles. The molecule has 14 heavy (non-hydrogen) atoms. The third-order valence-electron chi connectivity index (χ3n) is 2.52. The van der Waals surface area contributed by atoms with Crippen molar-refractivity contribution in [3.63, 3.8) is 0 Å². The van der Waals surface area contributed by atoms with Gasteiger partial charge in [-0.05, 0) is 18.4 Å². The van der Waals surface area contributed by atoms with E-state index in [0.717, 1.165) is 11.3 Å². The zero-order valence-electron chi connectivity index (χ0n) is 9.22. The number of furan rings is 1. The maximum atomic E-state index is 5.73. The molecule has 0 atom stereocenters. The van der Waals surface area contributed by atoms with Crippen LogP contribution in [0.5, 0.6) is 0 Å². The number of hydrogen-bond acceptors (Lipinski definition) is 1. The van der Waals surface area contributed by atoms with Crippen molar-refractivity contribution in [2.75, 3.05) is 0 Å². The van der Waals surface area contributed by atoms with Crippen molar-refractivity contribution in [1.29, 1.82) is 0 Å². The second kappa shape index (κ2) is 2.88. The van der Waals surface area contributed by atoms with E-state index in [4.69, 9.17) is 4.42 Å². The highest BCUT2D eigenvalue weighted by Crippen LogP contribution is 2.34. The lowest BCUT2D eigenvalue weighted by molar-refractivity contribution is 0.530. The molecular formula is C13H16O. The highest BCUT2D eigenvalue weighted by atomic mass is 16.3. The first kappa shape index (κ1) is 9.32. The van der Waals surface area contributed by atoms with Crippen LogP contribution in [-0.4, -0.2) is 0 Å². The van der Waals surface area contributed by atoms with Gasteiger partial charge in [0.05, 0.1) is 0 Å². The molecule has 1 aromatic carbocycles. The summed E-state index contributed by atoms with van der Waals surface area (Å²) in [5.41, 5.74) is 2.47. The Morgan fingerprint density at radius 2 is 1.71 bits per heavy atom. The fraction of sp³-hybridized carbons (Fsp3) is 0.385. The van der Waals surface area contributed by atoms with Crippen LogP contribution in [0.2, 0.25) is 0 Å². The minimum Gasteiger partial charge on any atom is -0.461 e. The highest BCUT2D eigenvalue weighted by molar-refractivity contribution is 5.83. The molecule has 0 aliphatic carbocycles. The molecule has 0 N–H and O–H groups in total. The van der Waals surface area contributed by atoms with Crippen molar-refractivity contribution >= 4 is 11.0 Å². The third kappa shape index (κ3) is 1.33. The molecule has 2 rings (SSSR count). The summed E-state index contributed by atoms with van der Waals surface area (Å²) in [5.74, 6) is 1.04. The smallest absolute Gasteiger partial charge is 0.134 e.